The number of nitrogens with zero attached hydrogens (tertiary/aromatic N) is 4. The van der Waals surface area contributed by atoms with E-state index in [1.165, 1.54) is 18.5 Å². The average molecular weight is 348 g/mol. The molecule has 0 spiro atoms. The van der Waals surface area contributed by atoms with Gasteiger partial charge in [-0.25, -0.2) is 14.4 Å². The molecule has 2 aromatic heterocycles. The van der Waals surface area contributed by atoms with E-state index in [2.05, 4.69) is 15.0 Å². The molecule has 4 nitrogen and oxygen atoms in total. The monoisotopic (exact) mass is 348 g/mol. The van der Waals surface area contributed by atoms with Crippen LogP contribution in [0.2, 0.25) is 0 Å². The van der Waals surface area contributed by atoms with Crippen molar-refractivity contribution in [2.24, 2.45) is 0 Å². The summed E-state index contributed by atoms with van der Waals surface area (Å²) in [6.45, 7) is 0.824. The molecule has 0 amide bonds. The number of fused-ring (bicyclic) bond motifs is 2. The molecule has 3 heterocycles. The summed E-state index contributed by atoms with van der Waals surface area (Å²) >= 11 is 0. The number of halogens is 4. The Kier molecular flexibility index (Phi) is 3.55. The van der Waals surface area contributed by atoms with Crippen LogP contribution in [0.25, 0.3) is 10.9 Å². The SMILES string of the molecule is Fc1ccc2c(N3CCc4ncc(C(F)(F)F)cc4C3)ncnc2c1. The summed E-state index contributed by atoms with van der Waals surface area (Å²) in [5.74, 6) is 0.174. The van der Waals surface area contributed by atoms with Gasteiger partial charge in [-0.05, 0) is 23.8 Å². The zero-order valence-electron chi connectivity index (χ0n) is 12.9. The number of hydrogen-bond donors (Lipinski definition) is 0. The molecule has 0 radical (unpaired) electrons. The molecule has 1 aliphatic rings. The predicted molar refractivity (Wildman–Crippen MR) is 83.5 cm³/mol. The molecule has 4 rings (SSSR count). The Labute approximate surface area is 140 Å². The highest BCUT2D eigenvalue weighted by Gasteiger charge is 2.32. The molecule has 0 atom stereocenters. The van der Waals surface area contributed by atoms with Gasteiger partial charge in [0, 0.05) is 42.9 Å². The highest BCUT2D eigenvalue weighted by Crippen LogP contribution is 2.32. The molecular weight excluding hydrogens is 336 g/mol. The second-order valence-electron chi connectivity index (χ2n) is 5.86. The number of hydrogen-bond acceptors (Lipinski definition) is 4. The van der Waals surface area contributed by atoms with Crippen LogP contribution in [0.15, 0.2) is 36.8 Å². The average Bonchev–Trinajstić information content (AvgIpc) is 2.59. The van der Waals surface area contributed by atoms with E-state index in [4.69, 9.17) is 0 Å². The van der Waals surface area contributed by atoms with Gasteiger partial charge in [-0.15, -0.1) is 0 Å². The van der Waals surface area contributed by atoms with Crippen LogP contribution in [0.3, 0.4) is 0 Å². The Bertz CT molecular complexity index is 955. The molecule has 1 aliphatic heterocycles. The number of rotatable bonds is 1. The summed E-state index contributed by atoms with van der Waals surface area (Å²) in [5.41, 5.74) is 0.879. The Hall–Kier alpha value is -2.77. The molecule has 128 valence electrons. The van der Waals surface area contributed by atoms with Gasteiger partial charge in [0.15, 0.2) is 0 Å². The largest absolute Gasteiger partial charge is 0.417 e. The first-order chi connectivity index (χ1) is 11.9. The quantitative estimate of drug-likeness (QED) is 0.628. The maximum Gasteiger partial charge on any atom is 0.417 e. The molecule has 8 heteroatoms. The summed E-state index contributed by atoms with van der Waals surface area (Å²) in [6, 6.07) is 5.34. The maximum absolute atomic E-state index is 13.4. The van der Waals surface area contributed by atoms with Crippen molar-refractivity contribution >= 4 is 16.7 Å². The van der Waals surface area contributed by atoms with Gasteiger partial charge in [0.2, 0.25) is 0 Å². The maximum atomic E-state index is 13.4. The van der Waals surface area contributed by atoms with E-state index in [-0.39, 0.29) is 6.54 Å². The smallest absolute Gasteiger partial charge is 0.351 e. The molecule has 25 heavy (non-hydrogen) atoms. The second-order valence-corrected chi connectivity index (χ2v) is 5.86. The van der Waals surface area contributed by atoms with Crippen LogP contribution in [0.1, 0.15) is 16.8 Å². The molecule has 0 N–H and O–H groups in total. The van der Waals surface area contributed by atoms with E-state index in [0.717, 1.165) is 12.3 Å². The molecule has 3 aromatic rings. The Morgan fingerprint density at radius 2 is 1.88 bits per heavy atom. The third-order valence-corrected chi connectivity index (χ3v) is 4.24. The molecule has 0 fully saturated rings. The first-order valence-electron chi connectivity index (χ1n) is 7.62. The van der Waals surface area contributed by atoms with Gasteiger partial charge in [-0.1, -0.05) is 0 Å². The molecular formula is C17H12F4N4. The van der Waals surface area contributed by atoms with E-state index < -0.39 is 17.6 Å². The van der Waals surface area contributed by atoms with E-state index >= 15 is 0 Å². The highest BCUT2D eigenvalue weighted by atomic mass is 19.4. The number of aromatic nitrogens is 3. The molecule has 0 saturated carbocycles. The summed E-state index contributed by atoms with van der Waals surface area (Å²) in [5, 5.41) is 0.660. The van der Waals surface area contributed by atoms with Crippen LogP contribution in [0.4, 0.5) is 23.4 Å². The summed E-state index contributed by atoms with van der Waals surface area (Å²) < 4.78 is 52.1. The lowest BCUT2D eigenvalue weighted by Crippen LogP contribution is -2.32. The minimum absolute atomic E-state index is 0.260. The molecule has 0 bridgehead atoms. The van der Waals surface area contributed by atoms with Crippen molar-refractivity contribution in [1.82, 2.24) is 15.0 Å². The number of pyridine rings is 1. The van der Waals surface area contributed by atoms with Crippen molar-refractivity contribution in [1.29, 1.82) is 0 Å². The zero-order chi connectivity index (χ0) is 17.6. The summed E-state index contributed by atoms with van der Waals surface area (Å²) in [4.78, 5) is 14.1. The van der Waals surface area contributed by atoms with Gasteiger partial charge in [-0.3, -0.25) is 4.98 Å². The third-order valence-electron chi connectivity index (χ3n) is 4.24. The van der Waals surface area contributed by atoms with Gasteiger partial charge >= 0.3 is 6.18 Å². The van der Waals surface area contributed by atoms with Gasteiger partial charge in [0.1, 0.15) is 18.0 Å². The van der Waals surface area contributed by atoms with Crippen LogP contribution < -0.4 is 4.90 Å². The van der Waals surface area contributed by atoms with Crippen LogP contribution in [0.5, 0.6) is 0 Å². The van der Waals surface area contributed by atoms with E-state index in [1.54, 1.807) is 6.07 Å². The van der Waals surface area contributed by atoms with Crippen molar-refractivity contribution in [2.75, 3.05) is 11.4 Å². The van der Waals surface area contributed by atoms with Gasteiger partial charge in [-0.2, -0.15) is 13.2 Å². The number of alkyl halides is 3. The Morgan fingerprint density at radius 1 is 1.04 bits per heavy atom. The van der Waals surface area contributed by atoms with Gasteiger partial charge < -0.3 is 4.90 Å². The highest BCUT2D eigenvalue weighted by molar-refractivity contribution is 5.89. The fourth-order valence-corrected chi connectivity index (χ4v) is 3.03. The molecule has 0 aliphatic carbocycles. The minimum Gasteiger partial charge on any atom is -0.351 e. The standard InChI is InChI=1S/C17H12F4N4/c18-12-1-2-13-15(6-12)23-9-24-16(13)25-4-3-14-10(8-25)5-11(7-22-14)17(19,20)21/h1-2,5-7,9H,3-4,8H2. The fraction of sp³-hybridized carbons (Fsp3) is 0.235. The van der Waals surface area contributed by atoms with Crippen molar-refractivity contribution < 1.29 is 17.6 Å². The molecule has 0 unspecified atom stereocenters. The Balaban J connectivity index is 1.73. The van der Waals surface area contributed by atoms with Crippen molar-refractivity contribution in [3.63, 3.8) is 0 Å². The van der Waals surface area contributed by atoms with Crippen LogP contribution in [-0.4, -0.2) is 21.5 Å². The topological polar surface area (TPSA) is 41.9 Å². The van der Waals surface area contributed by atoms with Gasteiger partial charge in [0.25, 0.3) is 0 Å². The van der Waals surface area contributed by atoms with E-state index in [1.807, 2.05) is 4.90 Å². The number of anilines is 1. The lowest BCUT2D eigenvalue weighted by atomic mass is 10.0. The van der Waals surface area contributed by atoms with E-state index in [0.29, 0.717) is 40.9 Å². The molecule has 0 saturated heterocycles. The summed E-state index contributed by atoms with van der Waals surface area (Å²) in [6.07, 6.45) is -1.71. The van der Waals surface area contributed by atoms with Crippen molar-refractivity contribution in [2.45, 2.75) is 19.1 Å². The first kappa shape index (κ1) is 15.7. The third kappa shape index (κ3) is 2.88. The lowest BCUT2D eigenvalue weighted by molar-refractivity contribution is -0.137. The van der Waals surface area contributed by atoms with Crippen molar-refractivity contribution in [3.8, 4) is 0 Å². The van der Waals surface area contributed by atoms with Gasteiger partial charge in [0.05, 0.1) is 11.1 Å². The first-order valence-corrected chi connectivity index (χ1v) is 7.62. The van der Waals surface area contributed by atoms with Crippen LogP contribution in [0, 0.1) is 5.82 Å². The van der Waals surface area contributed by atoms with Crippen LogP contribution in [-0.2, 0) is 19.1 Å². The number of benzene rings is 1. The minimum atomic E-state index is -4.43. The molecule has 1 aromatic carbocycles. The van der Waals surface area contributed by atoms with Crippen LogP contribution >= 0.6 is 0 Å². The van der Waals surface area contributed by atoms with Crippen molar-refractivity contribution in [3.05, 3.63) is 59.4 Å². The Morgan fingerprint density at radius 3 is 2.68 bits per heavy atom. The predicted octanol–water partition coefficient (Wildman–Crippen LogP) is 3.75. The zero-order valence-corrected chi connectivity index (χ0v) is 12.9. The van der Waals surface area contributed by atoms with E-state index in [9.17, 15) is 17.6 Å². The summed E-state index contributed by atoms with van der Waals surface area (Å²) in [7, 11) is 0. The second kappa shape index (κ2) is 5.65. The lowest BCUT2D eigenvalue weighted by Gasteiger charge is -2.30. The normalized spacial score (nSPS) is 14.6. The fourth-order valence-electron chi connectivity index (χ4n) is 3.03.